The number of rotatable bonds is 7. The number of carboxylic acid groups (broad SMARTS) is 1. The lowest BCUT2D eigenvalue weighted by atomic mass is 10.2. The quantitative estimate of drug-likeness (QED) is 0.552. The van der Waals surface area contributed by atoms with Crippen LogP contribution in [-0.2, 0) is 9.59 Å². The Hall–Kier alpha value is -2.58. The Kier molecular flexibility index (Phi) is 5.98. The molecule has 1 amide bonds. The number of aliphatic carboxylic acids is 1. The van der Waals surface area contributed by atoms with Crippen LogP contribution < -0.4 is 4.74 Å². The zero-order valence-corrected chi connectivity index (χ0v) is 16.1. The number of benzene rings is 1. The van der Waals surface area contributed by atoms with Crippen molar-refractivity contribution in [2.45, 2.75) is 13.3 Å². The summed E-state index contributed by atoms with van der Waals surface area (Å²) >= 11 is 6.31. The predicted molar refractivity (Wildman–Crippen MR) is 107 cm³/mol. The Morgan fingerprint density at radius 1 is 1.30 bits per heavy atom. The minimum absolute atomic E-state index is 0.0624. The van der Waals surface area contributed by atoms with E-state index in [0.717, 1.165) is 23.1 Å². The van der Waals surface area contributed by atoms with Gasteiger partial charge in [0.25, 0.3) is 5.91 Å². The fraction of sp³-hybridized carbons (Fsp3) is 0.211. The van der Waals surface area contributed by atoms with Crippen molar-refractivity contribution >= 4 is 46.3 Å². The van der Waals surface area contributed by atoms with Crippen molar-refractivity contribution in [1.29, 1.82) is 0 Å². The Morgan fingerprint density at radius 2 is 2.04 bits per heavy atom. The molecule has 2 heterocycles. The second kappa shape index (κ2) is 8.41. The number of nitrogens with zero attached hydrogens (tertiary/aromatic N) is 1. The summed E-state index contributed by atoms with van der Waals surface area (Å²) < 4.78 is 11.6. The molecule has 1 saturated heterocycles. The first-order valence-corrected chi connectivity index (χ1v) is 9.50. The van der Waals surface area contributed by atoms with Crippen LogP contribution in [0.3, 0.4) is 0 Å². The molecule has 3 rings (SSSR count). The van der Waals surface area contributed by atoms with Gasteiger partial charge in [0, 0.05) is 18.2 Å². The molecular formula is C19H17NO5S2. The van der Waals surface area contributed by atoms with E-state index in [1.54, 1.807) is 12.1 Å². The van der Waals surface area contributed by atoms with Crippen LogP contribution in [0.5, 0.6) is 5.75 Å². The van der Waals surface area contributed by atoms with Gasteiger partial charge in [-0.25, -0.2) is 0 Å². The third-order valence-corrected chi connectivity index (χ3v) is 5.15. The first-order chi connectivity index (χ1) is 13.0. The van der Waals surface area contributed by atoms with Gasteiger partial charge < -0.3 is 14.3 Å². The normalized spacial score (nSPS) is 15.6. The molecule has 0 atom stereocenters. The number of hydrogen-bond acceptors (Lipinski definition) is 6. The van der Waals surface area contributed by atoms with Crippen LogP contribution in [0.4, 0.5) is 0 Å². The second-order valence-corrected chi connectivity index (χ2v) is 7.31. The molecule has 0 spiro atoms. The number of thiocarbonyl (C=S) groups is 1. The zero-order chi connectivity index (χ0) is 19.4. The molecule has 1 aliphatic rings. The van der Waals surface area contributed by atoms with Gasteiger partial charge in [0.15, 0.2) is 0 Å². The molecule has 8 heteroatoms. The molecule has 0 unspecified atom stereocenters. The second-order valence-electron chi connectivity index (χ2n) is 5.64. The molecule has 0 aliphatic carbocycles. The van der Waals surface area contributed by atoms with Gasteiger partial charge in [-0.2, -0.15) is 0 Å². The number of furan rings is 1. The maximum atomic E-state index is 12.4. The molecule has 6 nitrogen and oxygen atoms in total. The minimum atomic E-state index is -0.973. The Balaban J connectivity index is 1.74. The van der Waals surface area contributed by atoms with Gasteiger partial charge in [-0.15, -0.1) is 0 Å². The first-order valence-electron chi connectivity index (χ1n) is 8.28. The number of thioether (sulfide) groups is 1. The standard InChI is InChI=1S/C19H17NO5S2/c1-2-24-13-5-3-12(4-6-13)15-8-7-14(25-15)11-16-18(23)20(19(26)27-16)10-9-17(21)22/h3-8,11H,2,9-10H2,1H3,(H,21,22)/b16-11-. The van der Waals surface area contributed by atoms with E-state index in [1.165, 1.54) is 4.90 Å². The Bertz CT molecular complexity index is 901. The van der Waals surface area contributed by atoms with E-state index in [4.69, 9.17) is 26.5 Å². The smallest absolute Gasteiger partial charge is 0.305 e. The Labute approximate surface area is 165 Å². The van der Waals surface area contributed by atoms with Crippen molar-refractivity contribution < 1.29 is 23.8 Å². The molecule has 0 saturated carbocycles. The van der Waals surface area contributed by atoms with Gasteiger partial charge in [0.05, 0.1) is 17.9 Å². The predicted octanol–water partition coefficient (Wildman–Crippen LogP) is 4.02. The highest BCUT2D eigenvalue weighted by molar-refractivity contribution is 8.26. The molecule has 0 radical (unpaired) electrons. The van der Waals surface area contributed by atoms with Crippen molar-refractivity contribution in [3.63, 3.8) is 0 Å². The molecule has 1 fully saturated rings. The maximum Gasteiger partial charge on any atom is 0.305 e. The van der Waals surface area contributed by atoms with E-state index in [2.05, 4.69) is 0 Å². The molecular weight excluding hydrogens is 386 g/mol. The number of carbonyl (C=O) groups excluding carboxylic acids is 1. The lowest BCUT2D eigenvalue weighted by molar-refractivity contribution is -0.137. The summed E-state index contributed by atoms with van der Waals surface area (Å²) in [6.07, 6.45) is 1.47. The number of carboxylic acids is 1. The van der Waals surface area contributed by atoms with Crippen LogP contribution in [0, 0.1) is 0 Å². The molecule has 1 aromatic carbocycles. The molecule has 1 N–H and O–H groups in total. The van der Waals surface area contributed by atoms with Crippen LogP contribution >= 0.6 is 24.0 Å². The summed E-state index contributed by atoms with van der Waals surface area (Å²) in [6.45, 7) is 2.60. The summed E-state index contributed by atoms with van der Waals surface area (Å²) in [5.41, 5.74) is 0.895. The van der Waals surface area contributed by atoms with E-state index >= 15 is 0 Å². The van der Waals surface area contributed by atoms with Crippen LogP contribution in [0.15, 0.2) is 45.7 Å². The van der Waals surface area contributed by atoms with Gasteiger partial charge in [0.2, 0.25) is 0 Å². The van der Waals surface area contributed by atoms with Crippen molar-refractivity contribution in [1.82, 2.24) is 4.90 Å². The number of amides is 1. The average Bonchev–Trinajstić information content (AvgIpc) is 3.20. The first kappa shape index (κ1) is 19.2. The third kappa shape index (κ3) is 4.58. The maximum absolute atomic E-state index is 12.4. The lowest BCUT2D eigenvalue weighted by Gasteiger charge is -2.12. The summed E-state index contributed by atoms with van der Waals surface area (Å²) in [7, 11) is 0. The van der Waals surface area contributed by atoms with Crippen molar-refractivity contribution in [2.24, 2.45) is 0 Å². The SMILES string of the molecule is CCOc1ccc(-c2ccc(/C=C3\SC(=S)N(CCC(=O)O)C3=O)o2)cc1. The Morgan fingerprint density at radius 3 is 2.70 bits per heavy atom. The van der Waals surface area contributed by atoms with Crippen molar-refractivity contribution in [3.8, 4) is 17.1 Å². The van der Waals surface area contributed by atoms with Gasteiger partial charge >= 0.3 is 5.97 Å². The number of ether oxygens (including phenoxy) is 1. The third-order valence-electron chi connectivity index (χ3n) is 3.77. The largest absolute Gasteiger partial charge is 0.494 e. The van der Waals surface area contributed by atoms with Crippen LogP contribution in [-0.4, -0.2) is 39.4 Å². The molecule has 2 aromatic rings. The zero-order valence-electron chi connectivity index (χ0n) is 14.5. The summed E-state index contributed by atoms with van der Waals surface area (Å²) in [6, 6.07) is 11.1. The van der Waals surface area contributed by atoms with E-state index in [0.29, 0.717) is 27.4 Å². The summed E-state index contributed by atoms with van der Waals surface area (Å²) in [5.74, 6) is 0.714. The fourth-order valence-electron chi connectivity index (χ4n) is 2.50. The number of hydrogen-bond donors (Lipinski definition) is 1. The highest BCUT2D eigenvalue weighted by Gasteiger charge is 2.32. The van der Waals surface area contributed by atoms with E-state index in [9.17, 15) is 9.59 Å². The average molecular weight is 403 g/mol. The minimum Gasteiger partial charge on any atom is -0.494 e. The van der Waals surface area contributed by atoms with Crippen LogP contribution in [0.25, 0.3) is 17.4 Å². The van der Waals surface area contributed by atoms with Crippen molar-refractivity contribution in [2.75, 3.05) is 13.2 Å². The molecule has 1 aromatic heterocycles. The monoisotopic (exact) mass is 403 g/mol. The van der Waals surface area contributed by atoms with Crippen LogP contribution in [0.2, 0.25) is 0 Å². The summed E-state index contributed by atoms with van der Waals surface area (Å²) in [4.78, 5) is 24.8. The van der Waals surface area contributed by atoms with E-state index < -0.39 is 5.97 Å². The van der Waals surface area contributed by atoms with Gasteiger partial charge in [-0.05, 0) is 43.3 Å². The van der Waals surface area contributed by atoms with Gasteiger partial charge in [-0.3, -0.25) is 14.5 Å². The molecule has 0 bridgehead atoms. The topological polar surface area (TPSA) is 80.0 Å². The fourth-order valence-corrected chi connectivity index (χ4v) is 3.79. The highest BCUT2D eigenvalue weighted by Crippen LogP contribution is 2.33. The number of carbonyl (C=O) groups is 2. The molecule has 140 valence electrons. The van der Waals surface area contributed by atoms with Gasteiger partial charge in [-0.1, -0.05) is 24.0 Å². The lowest BCUT2D eigenvalue weighted by Crippen LogP contribution is -2.30. The van der Waals surface area contributed by atoms with Crippen molar-refractivity contribution in [3.05, 3.63) is 47.1 Å². The van der Waals surface area contributed by atoms with E-state index in [-0.39, 0.29) is 18.9 Å². The van der Waals surface area contributed by atoms with E-state index in [1.807, 2.05) is 37.3 Å². The molecule has 1 aliphatic heterocycles. The highest BCUT2D eigenvalue weighted by atomic mass is 32.2. The van der Waals surface area contributed by atoms with Crippen LogP contribution in [0.1, 0.15) is 19.1 Å². The molecule has 27 heavy (non-hydrogen) atoms. The summed E-state index contributed by atoms with van der Waals surface area (Å²) in [5, 5.41) is 8.78. The van der Waals surface area contributed by atoms with Gasteiger partial charge in [0.1, 0.15) is 21.6 Å².